The molecule has 0 bridgehead atoms. The van der Waals surface area contributed by atoms with Gasteiger partial charge in [-0.1, -0.05) is 6.92 Å². The van der Waals surface area contributed by atoms with E-state index in [1.54, 1.807) is 17.8 Å². The molecule has 0 aliphatic heterocycles. The van der Waals surface area contributed by atoms with E-state index >= 15 is 0 Å². The van der Waals surface area contributed by atoms with E-state index in [0.29, 0.717) is 23.7 Å². The first-order valence-corrected chi connectivity index (χ1v) is 7.91. The third-order valence-electron chi connectivity index (χ3n) is 3.31. The summed E-state index contributed by atoms with van der Waals surface area (Å²) < 4.78 is 13.9. The van der Waals surface area contributed by atoms with Gasteiger partial charge in [-0.05, 0) is 37.9 Å². The minimum atomic E-state index is -0.412. The number of hydrazine groups is 1. The molecule has 3 N–H and O–H groups in total. The Balaban J connectivity index is 2.87. The number of nitrogen functional groups attached to an aromatic ring is 1. The van der Waals surface area contributed by atoms with Crippen molar-refractivity contribution in [1.29, 1.82) is 0 Å². The van der Waals surface area contributed by atoms with Gasteiger partial charge in [0, 0.05) is 29.5 Å². The Bertz CT molecular complexity index is 456. The van der Waals surface area contributed by atoms with Gasteiger partial charge in [0.05, 0.1) is 0 Å². The highest BCUT2D eigenvalue weighted by Gasteiger charge is 2.15. The summed E-state index contributed by atoms with van der Waals surface area (Å²) >= 11 is 1.77. The van der Waals surface area contributed by atoms with Crippen molar-refractivity contribution >= 4 is 17.7 Å². The quantitative estimate of drug-likeness (QED) is 0.459. The van der Waals surface area contributed by atoms with E-state index in [0.717, 1.165) is 12.2 Å². The lowest BCUT2D eigenvalue weighted by molar-refractivity contribution is 0.0953. The highest BCUT2D eigenvalue weighted by atomic mass is 32.2. The second-order valence-electron chi connectivity index (χ2n) is 4.71. The summed E-state index contributed by atoms with van der Waals surface area (Å²) in [5, 5.41) is 0. The number of carbonyl (C=O) groups is 1. The van der Waals surface area contributed by atoms with Crippen molar-refractivity contribution in [1.82, 2.24) is 10.3 Å². The molecule has 1 amide bonds. The van der Waals surface area contributed by atoms with Crippen LogP contribution in [0, 0.1) is 5.82 Å². The zero-order valence-electron chi connectivity index (χ0n) is 12.1. The molecule has 1 aromatic carbocycles. The molecule has 0 aliphatic carbocycles. The van der Waals surface area contributed by atoms with Crippen LogP contribution in [0.4, 0.5) is 4.39 Å². The lowest BCUT2D eigenvalue weighted by atomic mass is 10.1. The first-order valence-electron chi connectivity index (χ1n) is 6.52. The lowest BCUT2D eigenvalue weighted by Gasteiger charge is -2.26. The first kappa shape index (κ1) is 16.9. The minimum Gasteiger partial charge on any atom is -0.298 e. The van der Waals surface area contributed by atoms with Crippen molar-refractivity contribution in [2.24, 2.45) is 5.84 Å². The Labute approximate surface area is 123 Å². The van der Waals surface area contributed by atoms with Gasteiger partial charge in [-0.2, -0.15) is 11.8 Å². The van der Waals surface area contributed by atoms with Gasteiger partial charge in [-0.25, -0.2) is 10.2 Å². The maximum absolute atomic E-state index is 13.9. The molecule has 0 spiro atoms. The van der Waals surface area contributed by atoms with E-state index in [4.69, 9.17) is 5.84 Å². The second-order valence-corrected chi connectivity index (χ2v) is 5.62. The molecule has 0 radical (unpaired) electrons. The zero-order chi connectivity index (χ0) is 15.1. The van der Waals surface area contributed by atoms with Crippen molar-refractivity contribution in [3.63, 3.8) is 0 Å². The highest BCUT2D eigenvalue weighted by molar-refractivity contribution is 7.98. The van der Waals surface area contributed by atoms with Gasteiger partial charge in [0.2, 0.25) is 0 Å². The van der Waals surface area contributed by atoms with Crippen LogP contribution < -0.4 is 11.3 Å². The van der Waals surface area contributed by atoms with Crippen LogP contribution >= 0.6 is 11.8 Å². The molecule has 0 heterocycles. The zero-order valence-corrected chi connectivity index (χ0v) is 13.0. The molecule has 0 aliphatic rings. The smallest absolute Gasteiger partial charge is 0.265 e. The summed E-state index contributed by atoms with van der Waals surface area (Å²) in [4.78, 5) is 13.6. The topological polar surface area (TPSA) is 58.4 Å². The monoisotopic (exact) mass is 299 g/mol. The van der Waals surface area contributed by atoms with Gasteiger partial charge in [-0.15, -0.1) is 0 Å². The average molecular weight is 299 g/mol. The van der Waals surface area contributed by atoms with Crippen molar-refractivity contribution in [3.8, 4) is 0 Å². The fourth-order valence-electron chi connectivity index (χ4n) is 2.07. The summed E-state index contributed by atoms with van der Waals surface area (Å²) in [7, 11) is 1.97. The molecule has 0 aromatic heterocycles. The number of nitrogens with two attached hydrogens (primary N) is 1. The van der Waals surface area contributed by atoms with Crippen LogP contribution in [0.3, 0.4) is 0 Å². The van der Waals surface area contributed by atoms with Crippen LogP contribution in [0.2, 0.25) is 0 Å². The van der Waals surface area contributed by atoms with Gasteiger partial charge in [0.25, 0.3) is 5.91 Å². The SMILES string of the molecule is CCC(CSC)N(C)Cc1cc(C(=O)NN)ccc1F. The maximum Gasteiger partial charge on any atom is 0.265 e. The molecule has 0 saturated carbocycles. The number of amides is 1. The molecule has 6 heteroatoms. The standard InChI is InChI=1S/C14H22FN3OS/c1-4-12(9-20-3)18(2)8-11-7-10(14(19)17-16)5-6-13(11)15/h5-7,12H,4,8-9,16H2,1-3H3,(H,17,19). The molecular weight excluding hydrogens is 277 g/mol. The molecule has 1 atom stereocenters. The van der Waals surface area contributed by atoms with Gasteiger partial charge >= 0.3 is 0 Å². The van der Waals surface area contributed by atoms with E-state index < -0.39 is 5.91 Å². The highest BCUT2D eigenvalue weighted by Crippen LogP contribution is 2.16. The molecule has 112 valence electrons. The van der Waals surface area contributed by atoms with Gasteiger partial charge in [0.1, 0.15) is 5.82 Å². The molecule has 1 aromatic rings. The van der Waals surface area contributed by atoms with E-state index in [2.05, 4.69) is 23.5 Å². The number of benzene rings is 1. The van der Waals surface area contributed by atoms with Gasteiger partial charge in [0.15, 0.2) is 0 Å². The third-order valence-corrected chi connectivity index (χ3v) is 4.03. The fraction of sp³-hybridized carbons (Fsp3) is 0.500. The summed E-state index contributed by atoms with van der Waals surface area (Å²) in [6.45, 7) is 2.59. The Morgan fingerprint density at radius 3 is 2.80 bits per heavy atom. The molecule has 0 saturated heterocycles. The van der Waals surface area contributed by atoms with Crippen molar-refractivity contribution < 1.29 is 9.18 Å². The van der Waals surface area contributed by atoms with Crippen molar-refractivity contribution in [3.05, 3.63) is 35.1 Å². The Hall–Kier alpha value is -1.11. The van der Waals surface area contributed by atoms with Crippen LogP contribution in [-0.4, -0.2) is 35.9 Å². The molecule has 20 heavy (non-hydrogen) atoms. The minimum absolute atomic E-state index is 0.301. The van der Waals surface area contributed by atoms with Crippen LogP contribution in [0.5, 0.6) is 0 Å². The Morgan fingerprint density at radius 1 is 1.55 bits per heavy atom. The van der Waals surface area contributed by atoms with E-state index in [1.165, 1.54) is 12.1 Å². The fourth-order valence-corrected chi connectivity index (χ4v) is 2.94. The number of nitrogens with one attached hydrogen (secondary N) is 1. The summed E-state index contributed by atoms with van der Waals surface area (Å²) in [6, 6.07) is 4.68. The summed E-state index contributed by atoms with van der Waals surface area (Å²) in [5.74, 6) is 5.38. The summed E-state index contributed by atoms with van der Waals surface area (Å²) in [5.41, 5.74) is 2.94. The Kier molecular flexibility index (Phi) is 6.98. The average Bonchev–Trinajstić information content (AvgIpc) is 2.45. The largest absolute Gasteiger partial charge is 0.298 e. The van der Waals surface area contributed by atoms with E-state index in [9.17, 15) is 9.18 Å². The normalized spacial score (nSPS) is 12.5. The van der Waals surface area contributed by atoms with Crippen LogP contribution in [0.1, 0.15) is 29.3 Å². The molecule has 1 unspecified atom stereocenters. The number of thioether (sulfide) groups is 1. The number of carbonyl (C=O) groups excluding carboxylic acids is 1. The number of hydrogen-bond donors (Lipinski definition) is 2. The molecule has 0 fully saturated rings. The number of rotatable bonds is 7. The number of nitrogens with zero attached hydrogens (tertiary/aromatic N) is 1. The van der Waals surface area contributed by atoms with E-state index in [-0.39, 0.29) is 5.82 Å². The first-order chi connectivity index (χ1) is 9.53. The van der Waals surface area contributed by atoms with Gasteiger partial charge < -0.3 is 0 Å². The number of halogens is 1. The van der Waals surface area contributed by atoms with Crippen molar-refractivity contribution in [2.75, 3.05) is 19.1 Å². The van der Waals surface area contributed by atoms with E-state index in [1.807, 2.05) is 7.05 Å². The van der Waals surface area contributed by atoms with Crippen LogP contribution in [-0.2, 0) is 6.54 Å². The number of hydrogen-bond acceptors (Lipinski definition) is 4. The maximum atomic E-state index is 13.9. The summed E-state index contributed by atoms with van der Waals surface area (Å²) in [6.07, 6.45) is 3.06. The van der Waals surface area contributed by atoms with Crippen LogP contribution in [0.15, 0.2) is 18.2 Å². The predicted octanol–water partition coefficient (Wildman–Crippen LogP) is 2.00. The molecule has 4 nitrogen and oxygen atoms in total. The predicted molar refractivity (Wildman–Crippen MR) is 82.0 cm³/mol. The van der Waals surface area contributed by atoms with Crippen molar-refractivity contribution in [2.45, 2.75) is 25.9 Å². The third kappa shape index (κ3) is 4.47. The van der Waals surface area contributed by atoms with Crippen LogP contribution in [0.25, 0.3) is 0 Å². The Morgan fingerprint density at radius 2 is 2.25 bits per heavy atom. The molecule has 1 rings (SSSR count). The van der Waals surface area contributed by atoms with Gasteiger partial charge in [-0.3, -0.25) is 15.1 Å². The second kappa shape index (κ2) is 8.24. The molecular formula is C14H22FN3OS. The lowest BCUT2D eigenvalue weighted by Crippen LogP contribution is -2.33.